The van der Waals surface area contributed by atoms with E-state index in [-0.39, 0.29) is 29.7 Å². The van der Waals surface area contributed by atoms with Crippen molar-refractivity contribution >= 4 is 38.2 Å². The third kappa shape index (κ3) is 5.80. The summed E-state index contributed by atoms with van der Waals surface area (Å²) in [7, 11) is -4.03. The monoisotopic (exact) mass is 525 g/mol. The molecule has 0 aliphatic rings. The summed E-state index contributed by atoms with van der Waals surface area (Å²) in [6.07, 6.45) is 2.10. The highest BCUT2D eigenvalue weighted by molar-refractivity contribution is 7.89. The van der Waals surface area contributed by atoms with Gasteiger partial charge in [-0.15, -0.1) is 11.3 Å². The minimum atomic E-state index is -4.03. The maximum Gasteiger partial charge on any atom is 0.245 e. The SMILES string of the molecule is CC[C@@H](C)N(CC(=O)N(Cc1ccc(F)cc1)Cc1cccs1)S(=O)(=O)c1cccc2cccnc12. The third-order valence-corrected chi connectivity index (χ3v) is 8.97. The van der Waals surface area contributed by atoms with E-state index in [1.165, 1.54) is 33.8 Å². The molecule has 0 saturated heterocycles. The Morgan fingerprint density at radius 3 is 2.47 bits per heavy atom. The van der Waals surface area contributed by atoms with Crippen LogP contribution >= 0.6 is 11.3 Å². The van der Waals surface area contributed by atoms with Gasteiger partial charge in [0.05, 0.1) is 18.6 Å². The molecule has 1 amide bonds. The fourth-order valence-corrected chi connectivity index (χ4v) is 6.50. The van der Waals surface area contributed by atoms with Crippen LogP contribution in [0.2, 0.25) is 0 Å². The summed E-state index contributed by atoms with van der Waals surface area (Å²) in [4.78, 5) is 20.6. The van der Waals surface area contributed by atoms with Crippen LogP contribution in [0.4, 0.5) is 4.39 Å². The second-order valence-electron chi connectivity index (χ2n) is 8.59. The van der Waals surface area contributed by atoms with Crippen molar-refractivity contribution in [2.75, 3.05) is 6.54 Å². The molecule has 0 unspecified atom stereocenters. The first-order valence-electron chi connectivity index (χ1n) is 11.7. The molecule has 0 spiro atoms. The van der Waals surface area contributed by atoms with Gasteiger partial charge in [0, 0.05) is 29.0 Å². The Bertz CT molecular complexity index is 1420. The van der Waals surface area contributed by atoms with E-state index in [1.54, 1.807) is 42.3 Å². The van der Waals surface area contributed by atoms with Crippen molar-refractivity contribution in [3.05, 3.63) is 94.6 Å². The predicted molar refractivity (Wildman–Crippen MR) is 140 cm³/mol. The van der Waals surface area contributed by atoms with Crippen LogP contribution in [0.25, 0.3) is 10.9 Å². The first-order valence-corrected chi connectivity index (χ1v) is 14.0. The van der Waals surface area contributed by atoms with Crippen LogP contribution < -0.4 is 0 Å². The van der Waals surface area contributed by atoms with E-state index in [9.17, 15) is 17.6 Å². The molecule has 0 N–H and O–H groups in total. The lowest BCUT2D eigenvalue weighted by Gasteiger charge is -2.30. The third-order valence-electron chi connectivity index (χ3n) is 6.12. The van der Waals surface area contributed by atoms with Gasteiger partial charge in [-0.05, 0) is 54.6 Å². The summed E-state index contributed by atoms with van der Waals surface area (Å²) in [5.41, 5.74) is 1.14. The molecule has 2 heterocycles. The number of amides is 1. The lowest BCUT2D eigenvalue weighted by Crippen LogP contribution is -2.46. The quantitative estimate of drug-likeness (QED) is 0.276. The molecule has 0 radical (unpaired) electrons. The van der Waals surface area contributed by atoms with Gasteiger partial charge in [0.2, 0.25) is 15.9 Å². The summed E-state index contributed by atoms with van der Waals surface area (Å²) >= 11 is 1.52. The second-order valence-corrected chi connectivity index (χ2v) is 11.5. The van der Waals surface area contributed by atoms with E-state index in [2.05, 4.69) is 4.98 Å². The van der Waals surface area contributed by atoms with E-state index in [0.29, 0.717) is 23.9 Å². The van der Waals surface area contributed by atoms with Crippen LogP contribution in [-0.2, 0) is 27.9 Å². The van der Waals surface area contributed by atoms with Crippen molar-refractivity contribution in [2.24, 2.45) is 0 Å². The number of nitrogens with zero attached hydrogens (tertiary/aromatic N) is 3. The van der Waals surface area contributed by atoms with Gasteiger partial charge >= 0.3 is 0 Å². The summed E-state index contributed by atoms with van der Waals surface area (Å²) < 4.78 is 42.5. The Balaban J connectivity index is 1.67. The van der Waals surface area contributed by atoms with Crippen LogP contribution in [0.15, 0.2) is 83.2 Å². The number of para-hydroxylation sites is 1. The molecule has 4 aromatic rings. The molecule has 2 aromatic carbocycles. The minimum Gasteiger partial charge on any atom is -0.332 e. The number of sulfonamides is 1. The van der Waals surface area contributed by atoms with Crippen molar-refractivity contribution in [3.8, 4) is 0 Å². The van der Waals surface area contributed by atoms with Crippen LogP contribution in [0.5, 0.6) is 0 Å². The lowest BCUT2D eigenvalue weighted by molar-refractivity contribution is -0.133. The average Bonchev–Trinajstić information content (AvgIpc) is 3.40. The van der Waals surface area contributed by atoms with Crippen molar-refractivity contribution in [1.29, 1.82) is 0 Å². The number of thiophene rings is 1. The maximum absolute atomic E-state index is 13.9. The zero-order valence-corrected chi connectivity index (χ0v) is 21.8. The number of rotatable bonds is 10. The number of carbonyl (C=O) groups excluding carboxylic acids is 1. The van der Waals surface area contributed by atoms with Crippen LogP contribution in [-0.4, -0.2) is 41.1 Å². The average molecular weight is 526 g/mol. The fourth-order valence-electron chi connectivity index (χ4n) is 3.96. The lowest BCUT2D eigenvalue weighted by atomic mass is 10.2. The van der Waals surface area contributed by atoms with Crippen LogP contribution in [0.1, 0.15) is 30.7 Å². The summed E-state index contributed by atoms with van der Waals surface area (Å²) in [6.45, 7) is 3.94. The smallest absolute Gasteiger partial charge is 0.245 e. The molecule has 0 fully saturated rings. The van der Waals surface area contributed by atoms with Crippen molar-refractivity contribution in [1.82, 2.24) is 14.2 Å². The molecule has 0 bridgehead atoms. The van der Waals surface area contributed by atoms with E-state index in [0.717, 1.165) is 10.4 Å². The van der Waals surface area contributed by atoms with Crippen molar-refractivity contribution < 1.29 is 17.6 Å². The zero-order chi connectivity index (χ0) is 25.7. The van der Waals surface area contributed by atoms with Gasteiger partial charge in [-0.25, -0.2) is 12.8 Å². The van der Waals surface area contributed by atoms with Gasteiger partial charge < -0.3 is 4.90 Å². The second kappa shape index (κ2) is 11.3. The molecule has 36 heavy (non-hydrogen) atoms. The van der Waals surface area contributed by atoms with E-state index < -0.39 is 16.1 Å². The molecule has 0 aliphatic carbocycles. The van der Waals surface area contributed by atoms with Gasteiger partial charge in [0.15, 0.2) is 0 Å². The Kier molecular flexibility index (Phi) is 8.13. The predicted octanol–water partition coefficient (Wildman–Crippen LogP) is 5.45. The highest BCUT2D eigenvalue weighted by Gasteiger charge is 2.33. The Hall–Kier alpha value is -3.14. The van der Waals surface area contributed by atoms with Gasteiger partial charge in [-0.3, -0.25) is 9.78 Å². The van der Waals surface area contributed by atoms with E-state index >= 15 is 0 Å². The molecular weight excluding hydrogens is 497 g/mol. The Morgan fingerprint density at radius 1 is 1.03 bits per heavy atom. The maximum atomic E-state index is 13.9. The van der Waals surface area contributed by atoms with E-state index in [4.69, 9.17) is 0 Å². The highest BCUT2D eigenvalue weighted by atomic mass is 32.2. The molecular formula is C27H28FN3O3S2. The number of halogens is 1. The molecule has 6 nitrogen and oxygen atoms in total. The van der Waals surface area contributed by atoms with Crippen molar-refractivity contribution in [3.63, 3.8) is 0 Å². The standard InChI is InChI=1S/C27H28FN3O3S2/c1-3-20(2)31(36(33,34)25-10-4-7-22-8-5-15-29-27(22)25)19-26(32)30(18-24-9-6-16-35-24)17-21-11-13-23(28)14-12-21/h4-16,20H,3,17-19H2,1-2H3/t20-/m1/s1. The normalized spacial score (nSPS) is 12.7. The van der Waals surface area contributed by atoms with Gasteiger partial charge in [0.25, 0.3) is 0 Å². The molecule has 0 aliphatic heterocycles. The summed E-state index contributed by atoms with van der Waals surface area (Å²) in [5, 5.41) is 2.64. The van der Waals surface area contributed by atoms with Gasteiger partial charge in [-0.1, -0.05) is 43.3 Å². The number of hydrogen-bond donors (Lipinski definition) is 0. The number of pyridine rings is 1. The number of hydrogen-bond acceptors (Lipinski definition) is 5. The molecule has 1 atom stereocenters. The van der Waals surface area contributed by atoms with Gasteiger partial charge in [0.1, 0.15) is 10.7 Å². The largest absolute Gasteiger partial charge is 0.332 e. The summed E-state index contributed by atoms with van der Waals surface area (Å²) in [6, 6.07) is 18.0. The summed E-state index contributed by atoms with van der Waals surface area (Å²) in [5.74, 6) is -0.683. The molecule has 2 aromatic heterocycles. The fraction of sp³-hybridized carbons (Fsp3) is 0.259. The first kappa shape index (κ1) is 25.9. The Labute approximate surface area is 215 Å². The minimum absolute atomic E-state index is 0.0806. The molecule has 0 saturated carbocycles. The van der Waals surface area contributed by atoms with Crippen LogP contribution in [0.3, 0.4) is 0 Å². The number of carbonyl (C=O) groups is 1. The number of benzene rings is 2. The number of aromatic nitrogens is 1. The molecule has 9 heteroatoms. The van der Waals surface area contributed by atoms with E-state index in [1.807, 2.05) is 36.6 Å². The number of fused-ring (bicyclic) bond motifs is 1. The topological polar surface area (TPSA) is 70.6 Å². The zero-order valence-electron chi connectivity index (χ0n) is 20.2. The highest BCUT2D eigenvalue weighted by Crippen LogP contribution is 2.26. The molecule has 188 valence electrons. The van der Waals surface area contributed by atoms with Gasteiger partial charge in [-0.2, -0.15) is 4.31 Å². The van der Waals surface area contributed by atoms with Crippen molar-refractivity contribution in [2.45, 2.75) is 44.3 Å². The Morgan fingerprint density at radius 2 is 1.78 bits per heavy atom. The molecule has 4 rings (SSSR count). The first-order chi connectivity index (χ1) is 17.3. The van der Waals surface area contributed by atoms with Crippen LogP contribution in [0, 0.1) is 5.82 Å².